The summed E-state index contributed by atoms with van der Waals surface area (Å²) in [7, 11) is 1.48. The van der Waals surface area contributed by atoms with Crippen LogP contribution in [0.25, 0.3) is 10.8 Å². The van der Waals surface area contributed by atoms with E-state index in [1.54, 1.807) is 12.1 Å². The number of aromatic hydroxyl groups is 1. The van der Waals surface area contributed by atoms with Crippen molar-refractivity contribution in [1.82, 2.24) is 20.9 Å². The summed E-state index contributed by atoms with van der Waals surface area (Å²) < 4.78 is 5.60. The summed E-state index contributed by atoms with van der Waals surface area (Å²) in [5.74, 6) is 8.27. The number of piperidine rings is 1. The average molecular weight is 1120 g/mol. The standard InChI is InChI=1S/C68H85N5O9/c1-3-70-34-48-59(44(13-15-58(80)81)47-35-72-49-31-53(77)65-64-60-43(32-67(65)19-6-7-20-67)33-73-66(60)62(48)61(47)63(49)64)42-17-22-68(56(79)27-42)21-16-40(46-30-52(76)54(82-2)26-39(46)12-14-55(68)78)25-50(74)51(75)29-45(41-18-23-71-57(69)28-41)38-11-10-36-8-4-5-9-37(36)24-38/h4-5,8-11,18,24,26,28,30,33,40,42,44-45,47-51,56,58-59,61-65,70-76,79-81H,3,6-7,12-15,17,19-20,22-23,25,27,29,31-32,34-35,69H2,1-2H3/t40-,42-,44-,45+,47+,48+,49+,50+,51-,56-,59-,61-,62-,63+,64+,65-,68-/m1/s1. The summed E-state index contributed by atoms with van der Waals surface area (Å²) in [6.45, 7) is 4.96. The Balaban J connectivity index is 0.833. The van der Waals surface area contributed by atoms with E-state index in [-0.39, 0.29) is 126 Å². The monoisotopic (exact) mass is 1120 g/mol. The molecule has 13 rings (SSSR count). The number of Topliss-reactive ketones (excluding diaryl/α,β-unsaturated/α-hetero) is 2. The molecule has 2 aliphatic heterocycles. The number of hydrogen-bond acceptors (Lipinski definition) is 13. The van der Waals surface area contributed by atoms with Crippen molar-refractivity contribution in [3.63, 3.8) is 0 Å². The Hall–Kier alpha value is -5.50. The van der Waals surface area contributed by atoms with Crippen LogP contribution in [0.5, 0.6) is 11.5 Å². The molecule has 12 N–H and O–H groups in total. The molecule has 0 unspecified atom stereocenters. The zero-order chi connectivity index (χ0) is 56.8. The van der Waals surface area contributed by atoms with Gasteiger partial charge < -0.3 is 62.0 Å². The molecule has 3 heterocycles. The largest absolute Gasteiger partial charge is 0.504 e. The van der Waals surface area contributed by atoms with Crippen LogP contribution < -0.4 is 26.4 Å². The number of benzene rings is 3. The zero-order valence-corrected chi connectivity index (χ0v) is 47.7. The van der Waals surface area contributed by atoms with Gasteiger partial charge in [0, 0.05) is 66.9 Å². The number of nitrogens with one attached hydrogen (secondary N) is 4. The van der Waals surface area contributed by atoms with Gasteiger partial charge in [0.1, 0.15) is 11.2 Å². The Morgan fingerprint density at radius 2 is 1.74 bits per heavy atom. The molecule has 3 aromatic carbocycles. The fraction of sp³-hybridized carbons (Fsp3) is 0.588. The lowest BCUT2D eigenvalue weighted by atomic mass is 9.39. The second kappa shape index (κ2) is 22.2. The van der Waals surface area contributed by atoms with Gasteiger partial charge in [-0.3, -0.25) is 9.59 Å². The Labute approximate surface area is 482 Å². The van der Waals surface area contributed by atoms with E-state index < -0.39 is 35.9 Å². The molecule has 2 spiro atoms. The van der Waals surface area contributed by atoms with Gasteiger partial charge in [-0.05, 0) is 199 Å². The van der Waals surface area contributed by atoms with Crippen molar-refractivity contribution in [2.45, 2.75) is 158 Å². The maximum absolute atomic E-state index is 15.2. The molecule has 4 aromatic rings. The number of carbonyl (C=O) groups is 2. The van der Waals surface area contributed by atoms with Crippen LogP contribution >= 0.6 is 0 Å². The lowest BCUT2D eigenvalue weighted by Crippen LogP contribution is -2.68. The third kappa shape index (κ3) is 9.44. The van der Waals surface area contributed by atoms with E-state index in [0.29, 0.717) is 55.8 Å². The van der Waals surface area contributed by atoms with E-state index in [9.17, 15) is 35.4 Å². The van der Waals surface area contributed by atoms with Crippen molar-refractivity contribution in [2.24, 2.45) is 63.9 Å². The quantitative estimate of drug-likeness (QED) is 0.0417. The number of ether oxygens (including phenoxy) is 1. The number of H-pyrrole nitrogens is 1. The first-order valence-electron chi connectivity index (χ1n) is 31.1. The summed E-state index contributed by atoms with van der Waals surface area (Å²) in [5, 5.41) is 83.2. The first kappa shape index (κ1) is 55.7. The van der Waals surface area contributed by atoms with Gasteiger partial charge in [0.15, 0.2) is 23.6 Å². The summed E-state index contributed by atoms with van der Waals surface area (Å²) in [6, 6.07) is 17.9. The van der Waals surface area contributed by atoms with Crippen LogP contribution in [0.15, 0.2) is 84.3 Å². The van der Waals surface area contributed by atoms with Gasteiger partial charge in [-0.15, -0.1) is 0 Å². The minimum atomic E-state index is -1.46. The van der Waals surface area contributed by atoms with Gasteiger partial charge >= 0.3 is 0 Å². The highest BCUT2D eigenvalue weighted by molar-refractivity contribution is 5.89. The van der Waals surface area contributed by atoms with Crippen molar-refractivity contribution in [1.29, 1.82) is 0 Å². The Kier molecular flexibility index (Phi) is 15.0. The van der Waals surface area contributed by atoms with Crippen molar-refractivity contribution in [3.8, 4) is 23.3 Å². The van der Waals surface area contributed by atoms with E-state index >= 15 is 4.79 Å². The fourth-order valence-electron chi connectivity index (χ4n) is 19.4. The van der Waals surface area contributed by atoms with Crippen LogP contribution in [0, 0.1) is 70.0 Å². The predicted octanol–water partition coefficient (Wildman–Crippen LogP) is 7.22. The maximum Gasteiger partial charge on any atom is 0.160 e. The molecule has 5 fully saturated rings. The summed E-state index contributed by atoms with van der Waals surface area (Å²) in [5.41, 5.74) is 12.3. The van der Waals surface area contributed by atoms with E-state index in [2.05, 4.69) is 82.3 Å². The van der Waals surface area contributed by atoms with Crippen LogP contribution in [0.2, 0.25) is 0 Å². The maximum atomic E-state index is 15.2. The minimum Gasteiger partial charge on any atom is -0.504 e. The highest BCUT2D eigenvalue weighted by atomic mass is 16.5. The molecule has 1 saturated heterocycles. The Bertz CT molecular complexity index is 3220. The SMILES string of the molecule is CCNC[C@@H]1[C@H]2c3[nH]cc4c3[C@H]3[C@@H]5[C@@H]2[C@@H](CN[C@H]5CC(=O)[C@H]3C2(CCCC2)C4)[C@@H](CCC(O)O)[C@H]1[C@@H]1CC[C@@]2(C#C[C@H](C[C@H](O)[C@H](O)C[C@H](C3=CCNC(N)=C3)c3ccc4ccccc4c3)c3cc(O)c(OC)cc3CCC2=O)[C@H](O)C1. The molecule has 82 heavy (non-hydrogen) atoms. The molecular weight excluding hydrogens is 1030 g/mol. The van der Waals surface area contributed by atoms with Crippen LogP contribution in [0.3, 0.4) is 0 Å². The fourth-order valence-corrected chi connectivity index (χ4v) is 19.4. The highest BCUT2D eigenvalue weighted by Gasteiger charge is 2.68. The number of ketones is 2. The molecule has 0 radical (unpaired) electrons. The van der Waals surface area contributed by atoms with E-state index in [1.807, 2.05) is 18.2 Å². The number of methoxy groups -OCH3 is 1. The molecule has 14 heteroatoms. The summed E-state index contributed by atoms with van der Waals surface area (Å²) in [6.07, 6.45) is 9.98. The second-order valence-electron chi connectivity index (χ2n) is 26.6. The number of hydrogen-bond donors (Lipinski definition) is 11. The van der Waals surface area contributed by atoms with Gasteiger partial charge in [0.2, 0.25) is 0 Å². The molecule has 9 aliphatic rings. The second-order valence-corrected chi connectivity index (χ2v) is 26.6. The number of dihydropyridines is 1. The Morgan fingerprint density at radius 3 is 2.51 bits per heavy atom. The molecule has 1 aromatic heterocycles. The van der Waals surface area contributed by atoms with Gasteiger partial charge in [0.25, 0.3) is 0 Å². The normalized spacial score (nSPS) is 34.3. The molecule has 7 aliphatic carbocycles. The molecular formula is C68H85N5O9. The number of allylic oxidation sites excluding steroid dienone is 2. The lowest BCUT2D eigenvalue weighted by Gasteiger charge is -2.66. The number of aliphatic hydroxyl groups excluding tert-OH is 4. The van der Waals surface area contributed by atoms with Gasteiger partial charge in [0.05, 0.1) is 31.2 Å². The predicted molar refractivity (Wildman–Crippen MR) is 313 cm³/mol. The van der Waals surface area contributed by atoms with E-state index in [4.69, 9.17) is 10.5 Å². The molecule has 14 nitrogen and oxygen atoms in total. The minimum absolute atomic E-state index is 0.00938. The number of aromatic amines is 1. The van der Waals surface area contributed by atoms with Crippen molar-refractivity contribution < 1.29 is 45.0 Å². The molecule has 0 bridgehead atoms. The van der Waals surface area contributed by atoms with Crippen LogP contribution in [-0.2, 0) is 22.4 Å². The molecule has 17 atom stereocenters. The van der Waals surface area contributed by atoms with Crippen LogP contribution in [0.4, 0.5) is 0 Å². The molecule has 0 amide bonds. The van der Waals surface area contributed by atoms with Crippen molar-refractivity contribution in [3.05, 3.63) is 118 Å². The van der Waals surface area contributed by atoms with Gasteiger partial charge in [-0.1, -0.05) is 80.1 Å². The number of nitrogens with two attached hydrogens (primary N) is 1. The number of carbonyl (C=O) groups excluding carboxylic acids is 2. The molecule has 436 valence electrons. The van der Waals surface area contributed by atoms with Gasteiger partial charge in [-0.25, -0.2) is 0 Å². The average Bonchev–Trinajstić information content (AvgIpc) is 1.26. The topological polar surface area (TPSA) is 243 Å². The summed E-state index contributed by atoms with van der Waals surface area (Å²) in [4.78, 5) is 33.8. The summed E-state index contributed by atoms with van der Waals surface area (Å²) >= 11 is 0. The van der Waals surface area contributed by atoms with E-state index in [0.717, 1.165) is 66.4 Å². The lowest BCUT2D eigenvalue weighted by molar-refractivity contribution is -0.151. The zero-order valence-electron chi connectivity index (χ0n) is 47.7. The number of aromatic nitrogens is 1. The number of fused-ring (bicyclic) bond motifs is 4. The smallest absolute Gasteiger partial charge is 0.160 e. The number of aryl methyl sites for hydroxylation is 1. The number of phenols is 1. The third-order valence-electron chi connectivity index (χ3n) is 22.8. The Morgan fingerprint density at radius 1 is 0.927 bits per heavy atom. The van der Waals surface area contributed by atoms with Crippen LogP contribution in [0.1, 0.15) is 148 Å². The number of aliphatic hydroxyl groups is 5. The first-order chi connectivity index (χ1) is 39.7. The van der Waals surface area contributed by atoms with Crippen LogP contribution in [-0.4, -0.2) is 111 Å². The number of rotatable bonds is 15. The highest BCUT2D eigenvalue weighted by Crippen LogP contribution is 2.71. The molecule has 4 saturated carbocycles. The van der Waals surface area contributed by atoms with Crippen molar-refractivity contribution in [2.75, 3.05) is 33.3 Å². The number of phenolic OH excluding ortho intramolecular Hbond substituents is 1. The first-order valence-corrected chi connectivity index (χ1v) is 31.1. The van der Waals surface area contributed by atoms with Gasteiger partial charge in [-0.2, -0.15) is 0 Å². The third-order valence-corrected chi connectivity index (χ3v) is 22.8. The van der Waals surface area contributed by atoms with Crippen molar-refractivity contribution >= 4 is 22.3 Å². The van der Waals surface area contributed by atoms with E-state index in [1.165, 1.54) is 36.8 Å².